The zero-order valence-electron chi connectivity index (χ0n) is 11.6. The van der Waals surface area contributed by atoms with Gasteiger partial charge in [0.2, 0.25) is 0 Å². The Labute approximate surface area is 113 Å². The van der Waals surface area contributed by atoms with Gasteiger partial charge in [-0.05, 0) is 20.3 Å². The normalized spacial score (nSPS) is 10.5. The quantitative estimate of drug-likeness (QED) is 0.892. The van der Waals surface area contributed by atoms with Crippen molar-refractivity contribution in [2.75, 3.05) is 11.9 Å². The van der Waals surface area contributed by atoms with Crippen molar-refractivity contribution >= 4 is 5.82 Å². The summed E-state index contributed by atoms with van der Waals surface area (Å²) in [6.45, 7) is 7.05. The maximum Gasteiger partial charge on any atom is 0.133 e. The van der Waals surface area contributed by atoms with Crippen LogP contribution in [0.3, 0.4) is 0 Å². The van der Waals surface area contributed by atoms with Crippen LogP contribution in [0.5, 0.6) is 0 Å². The highest BCUT2D eigenvalue weighted by molar-refractivity contribution is 5.66. The molecule has 0 atom stereocenters. The van der Waals surface area contributed by atoms with E-state index < -0.39 is 0 Å². The van der Waals surface area contributed by atoms with Crippen LogP contribution in [-0.4, -0.2) is 26.5 Å². The lowest BCUT2D eigenvalue weighted by atomic mass is 10.1. The van der Waals surface area contributed by atoms with E-state index in [1.165, 1.54) is 6.33 Å². The fraction of sp³-hybridized carbons (Fsp3) is 0.429. The fourth-order valence-electron chi connectivity index (χ4n) is 1.94. The number of hydrogen-bond donors (Lipinski definition) is 1. The number of hydrogen-bond acceptors (Lipinski definition) is 5. The smallest absolute Gasteiger partial charge is 0.133 e. The van der Waals surface area contributed by atoms with Gasteiger partial charge in [0, 0.05) is 36.5 Å². The highest BCUT2D eigenvalue weighted by Crippen LogP contribution is 2.24. The molecule has 0 radical (unpaired) electrons. The first-order chi connectivity index (χ1) is 9.26. The van der Waals surface area contributed by atoms with Gasteiger partial charge in [-0.25, -0.2) is 19.9 Å². The molecule has 2 rings (SSSR count). The molecule has 0 aliphatic rings. The summed E-state index contributed by atoms with van der Waals surface area (Å²) in [4.78, 5) is 17.3. The van der Waals surface area contributed by atoms with Gasteiger partial charge in [-0.15, -0.1) is 0 Å². The van der Waals surface area contributed by atoms with Gasteiger partial charge in [0.05, 0.1) is 5.69 Å². The van der Waals surface area contributed by atoms with Gasteiger partial charge in [0.15, 0.2) is 0 Å². The van der Waals surface area contributed by atoms with Crippen molar-refractivity contribution in [3.8, 4) is 11.3 Å². The monoisotopic (exact) mass is 257 g/mol. The maximum absolute atomic E-state index is 4.64. The van der Waals surface area contributed by atoms with E-state index in [-0.39, 0.29) is 0 Å². The van der Waals surface area contributed by atoms with Crippen LogP contribution in [0.4, 0.5) is 5.82 Å². The molecule has 0 aliphatic carbocycles. The lowest BCUT2D eigenvalue weighted by molar-refractivity contribution is 0.832. The Bertz CT molecular complexity index is 539. The number of aryl methyl sites for hydroxylation is 1. The number of nitrogens with one attached hydrogen (secondary N) is 1. The summed E-state index contributed by atoms with van der Waals surface area (Å²) in [5.74, 6) is 1.77. The SMILES string of the molecule is CCCc1nc(NCC)c(C)c(-c2cncnc2)n1. The molecule has 5 heteroatoms. The standard InChI is InChI=1S/C14H19N5/c1-4-6-12-18-13(11-7-15-9-16-8-11)10(3)14(19-12)17-5-2/h7-9H,4-6H2,1-3H3,(H,17,18,19). The largest absolute Gasteiger partial charge is 0.370 e. The van der Waals surface area contributed by atoms with E-state index in [4.69, 9.17) is 0 Å². The molecule has 0 amide bonds. The molecule has 19 heavy (non-hydrogen) atoms. The molecule has 0 saturated heterocycles. The molecule has 2 aromatic heterocycles. The van der Waals surface area contributed by atoms with Crippen LogP contribution in [0.1, 0.15) is 31.7 Å². The minimum Gasteiger partial charge on any atom is -0.370 e. The van der Waals surface area contributed by atoms with Crippen molar-refractivity contribution in [1.82, 2.24) is 19.9 Å². The van der Waals surface area contributed by atoms with E-state index in [0.29, 0.717) is 0 Å². The molecule has 2 heterocycles. The molecule has 0 saturated carbocycles. The average molecular weight is 257 g/mol. The van der Waals surface area contributed by atoms with Crippen LogP contribution in [0.15, 0.2) is 18.7 Å². The Morgan fingerprint density at radius 2 is 1.84 bits per heavy atom. The summed E-state index contributed by atoms with van der Waals surface area (Å²) >= 11 is 0. The van der Waals surface area contributed by atoms with Crippen molar-refractivity contribution in [3.63, 3.8) is 0 Å². The zero-order valence-corrected chi connectivity index (χ0v) is 11.6. The predicted octanol–water partition coefficient (Wildman–Crippen LogP) is 2.63. The highest BCUT2D eigenvalue weighted by atomic mass is 15.0. The van der Waals surface area contributed by atoms with Gasteiger partial charge < -0.3 is 5.32 Å². The van der Waals surface area contributed by atoms with Gasteiger partial charge in [0.25, 0.3) is 0 Å². The second-order valence-corrected chi connectivity index (χ2v) is 4.37. The van der Waals surface area contributed by atoms with Crippen molar-refractivity contribution in [1.29, 1.82) is 0 Å². The minimum absolute atomic E-state index is 0.841. The van der Waals surface area contributed by atoms with Crippen LogP contribution in [0.2, 0.25) is 0 Å². The second kappa shape index (κ2) is 6.22. The molecule has 0 spiro atoms. The van der Waals surface area contributed by atoms with E-state index in [1.807, 2.05) is 6.92 Å². The first-order valence-corrected chi connectivity index (χ1v) is 6.63. The summed E-state index contributed by atoms with van der Waals surface area (Å²) in [6.07, 6.45) is 7.00. The molecule has 0 aliphatic heterocycles. The first-order valence-electron chi connectivity index (χ1n) is 6.63. The number of aromatic nitrogens is 4. The summed E-state index contributed by atoms with van der Waals surface area (Å²) in [7, 11) is 0. The maximum atomic E-state index is 4.64. The van der Waals surface area contributed by atoms with E-state index in [0.717, 1.165) is 47.8 Å². The third-order valence-corrected chi connectivity index (χ3v) is 2.84. The number of nitrogens with zero attached hydrogens (tertiary/aromatic N) is 4. The molecule has 100 valence electrons. The van der Waals surface area contributed by atoms with Crippen molar-refractivity contribution < 1.29 is 0 Å². The number of anilines is 1. The van der Waals surface area contributed by atoms with Crippen LogP contribution < -0.4 is 5.32 Å². The molecule has 1 N–H and O–H groups in total. The van der Waals surface area contributed by atoms with Crippen LogP contribution in [-0.2, 0) is 6.42 Å². The molecule has 0 unspecified atom stereocenters. The summed E-state index contributed by atoms with van der Waals surface area (Å²) < 4.78 is 0. The van der Waals surface area contributed by atoms with Crippen molar-refractivity contribution in [2.45, 2.75) is 33.6 Å². The molecule has 5 nitrogen and oxygen atoms in total. The molecule has 0 bridgehead atoms. The van der Waals surface area contributed by atoms with E-state index in [9.17, 15) is 0 Å². The van der Waals surface area contributed by atoms with Gasteiger partial charge in [-0.2, -0.15) is 0 Å². The Balaban J connectivity index is 2.52. The summed E-state index contributed by atoms with van der Waals surface area (Å²) in [5, 5.41) is 3.29. The summed E-state index contributed by atoms with van der Waals surface area (Å²) in [6, 6.07) is 0. The molecular weight excluding hydrogens is 238 g/mol. The van der Waals surface area contributed by atoms with Gasteiger partial charge in [-0.3, -0.25) is 0 Å². The predicted molar refractivity (Wildman–Crippen MR) is 76.0 cm³/mol. The van der Waals surface area contributed by atoms with Crippen molar-refractivity contribution in [3.05, 3.63) is 30.1 Å². The minimum atomic E-state index is 0.841. The fourth-order valence-corrected chi connectivity index (χ4v) is 1.94. The Morgan fingerprint density at radius 3 is 2.47 bits per heavy atom. The number of rotatable bonds is 5. The van der Waals surface area contributed by atoms with Gasteiger partial charge >= 0.3 is 0 Å². The Hall–Kier alpha value is -2.04. The van der Waals surface area contributed by atoms with Crippen LogP contribution in [0.25, 0.3) is 11.3 Å². The van der Waals surface area contributed by atoms with E-state index in [2.05, 4.69) is 39.1 Å². The van der Waals surface area contributed by atoms with Crippen LogP contribution >= 0.6 is 0 Å². The lowest BCUT2D eigenvalue weighted by Crippen LogP contribution is -2.08. The lowest BCUT2D eigenvalue weighted by Gasteiger charge is -2.12. The molecular formula is C14H19N5. The molecule has 0 aromatic carbocycles. The van der Waals surface area contributed by atoms with Gasteiger partial charge in [0.1, 0.15) is 18.0 Å². The second-order valence-electron chi connectivity index (χ2n) is 4.37. The van der Waals surface area contributed by atoms with Gasteiger partial charge in [-0.1, -0.05) is 6.92 Å². The third kappa shape index (κ3) is 3.05. The van der Waals surface area contributed by atoms with E-state index >= 15 is 0 Å². The zero-order chi connectivity index (χ0) is 13.7. The molecule has 2 aromatic rings. The highest BCUT2D eigenvalue weighted by Gasteiger charge is 2.12. The Morgan fingerprint density at radius 1 is 1.11 bits per heavy atom. The van der Waals surface area contributed by atoms with E-state index in [1.54, 1.807) is 12.4 Å². The topological polar surface area (TPSA) is 63.6 Å². The first kappa shape index (κ1) is 13.4. The molecule has 0 fully saturated rings. The van der Waals surface area contributed by atoms with Crippen LogP contribution in [0, 0.1) is 6.92 Å². The summed E-state index contributed by atoms with van der Waals surface area (Å²) in [5.41, 5.74) is 2.88. The average Bonchev–Trinajstić information content (AvgIpc) is 2.44. The third-order valence-electron chi connectivity index (χ3n) is 2.84. The van der Waals surface area contributed by atoms with Crippen molar-refractivity contribution in [2.24, 2.45) is 0 Å². The Kier molecular flexibility index (Phi) is 4.39.